The number of hydrogen-bond acceptors (Lipinski definition) is 6. The highest BCUT2D eigenvalue weighted by Crippen LogP contribution is 2.29. The molecule has 2 aromatic carbocycles. The summed E-state index contributed by atoms with van der Waals surface area (Å²) in [5, 5.41) is 7.61. The van der Waals surface area contributed by atoms with E-state index in [4.69, 9.17) is 31.2 Å². The molecule has 2 saturated heterocycles. The maximum absolute atomic E-state index is 14.4. The summed E-state index contributed by atoms with van der Waals surface area (Å²) in [7, 11) is 2.05. The molecule has 2 aromatic heterocycles. The number of fused-ring (bicyclic) bond motifs is 1. The zero-order valence-electron chi connectivity index (χ0n) is 25.3. The van der Waals surface area contributed by atoms with Gasteiger partial charge in [0, 0.05) is 43.4 Å². The van der Waals surface area contributed by atoms with Gasteiger partial charge in [0.1, 0.15) is 23.9 Å². The number of nitrogens with zero attached hydrogens (tertiary/aromatic N) is 4. The van der Waals surface area contributed by atoms with Crippen molar-refractivity contribution in [3.05, 3.63) is 101 Å². The molecule has 0 radical (unpaired) electrons. The molecule has 0 bridgehead atoms. The topological polar surface area (TPSA) is 72.6 Å². The van der Waals surface area contributed by atoms with Gasteiger partial charge in [-0.3, -0.25) is 9.88 Å². The number of hydrogen-bond donors (Lipinski definition) is 1. The van der Waals surface area contributed by atoms with Crippen molar-refractivity contribution in [1.82, 2.24) is 19.4 Å². The Labute approximate surface area is 257 Å². The Morgan fingerprint density at radius 3 is 2.44 bits per heavy atom. The third-order valence-corrected chi connectivity index (χ3v) is 7.20. The number of likely N-dealkylation sites (tertiary alicyclic amines) is 1. The number of pyridine rings is 1. The fourth-order valence-electron chi connectivity index (χ4n) is 4.62. The molecule has 2 fully saturated rings. The van der Waals surface area contributed by atoms with Crippen LogP contribution in [0.2, 0.25) is 5.02 Å². The van der Waals surface area contributed by atoms with E-state index in [0.29, 0.717) is 0 Å². The van der Waals surface area contributed by atoms with E-state index in [2.05, 4.69) is 53.2 Å². The molecule has 1 N–H and O–H groups in total. The highest BCUT2D eigenvalue weighted by atomic mass is 35.5. The average Bonchev–Trinajstić information content (AvgIpc) is 3.54. The molecule has 0 amide bonds. The fraction of sp³-hybridized carbons (Fsp3) is 0.394. The molecule has 7 nitrogen and oxygen atoms in total. The number of ether oxygens (including phenoxy) is 2. The van der Waals surface area contributed by atoms with Gasteiger partial charge in [-0.2, -0.15) is 0 Å². The van der Waals surface area contributed by atoms with E-state index in [1.54, 1.807) is 6.07 Å². The summed E-state index contributed by atoms with van der Waals surface area (Å²) >= 11 is 5.77. The van der Waals surface area contributed by atoms with Crippen LogP contribution in [0.15, 0.2) is 61.4 Å². The van der Waals surface area contributed by atoms with E-state index >= 15 is 0 Å². The molecule has 10 heteroatoms. The SMILES string of the molecule is C1COC1.C=CO.CC.Cc1ccc2nc(CN3CC[C@H](c4ccc(F)c(COc5ccc(Cl)cc5F)n4)C3)n(C)c2c1. The number of benzene rings is 2. The number of aliphatic hydroxyl groups excluding tert-OH is 1. The van der Waals surface area contributed by atoms with Crippen molar-refractivity contribution in [1.29, 1.82) is 0 Å². The Morgan fingerprint density at radius 2 is 1.79 bits per heavy atom. The molecule has 232 valence electrons. The quantitative estimate of drug-likeness (QED) is 0.223. The Hall–Kier alpha value is -3.53. The Balaban J connectivity index is 0.000000495. The maximum atomic E-state index is 14.4. The number of halogens is 3. The van der Waals surface area contributed by atoms with Crippen molar-refractivity contribution in [2.45, 2.75) is 52.7 Å². The van der Waals surface area contributed by atoms with Gasteiger partial charge in [0.25, 0.3) is 0 Å². The molecule has 0 unspecified atom stereocenters. The standard InChI is InChI=1S/C26H25ClF2N4O.C3H6O.C2H4O.C2H6/c1-16-3-6-22-24(11-16)32(2)26(31-22)14-33-10-9-17(13-33)21-7-5-19(28)23(30-21)15-34-25-8-4-18(27)12-20(25)29;1-2-4-3-1;1-2-3;1-2/h3-8,11-12,17H,9-10,13-15H2,1-2H3;1-3H2;2-3H,1H2;1-2H3/t17-;;;/m0.../s1. The molecule has 0 aliphatic carbocycles. The minimum atomic E-state index is -0.590. The van der Waals surface area contributed by atoms with Crippen LogP contribution in [-0.4, -0.2) is 50.8 Å². The lowest BCUT2D eigenvalue weighted by atomic mass is 10.0. The minimum Gasteiger partial charge on any atom is -0.516 e. The summed E-state index contributed by atoms with van der Waals surface area (Å²) in [6.07, 6.45) is 2.95. The van der Waals surface area contributed by atoms with E-state index in [-0.39, 0.29) is 29.0 Å². The van der Waals surface area contributed by atoms with Gasteiger partial charge in [0.2, 0.25) is 0 Å². The van der Waals surface area contributed by atoms with Crippen LogP contribution in [0.4, 0.5) is 8.78 Å². The molecule has 43 heavy (non-hydrogen) atoms. The van der Waals surface area contributed by atoms with Crippen LogP contribution >= 0.6 is 11.6 Å². The van der Waals surface area contributed by atoms with Gasteiger partial charge < -0.3 is 19.1 Å². The lowest BCUT2D eigenvalue weighted by Crippen LogP contribution is -2.22. The van der Waals surface area contributed by atoms with E-state index in [9.17, 15) is 8.78 Å². The van der Waals surface area contributed by atoms with E-state index in [1.807, 2.05) is 13.8 Å². The maximum Gasteiger partial charge on any atom is 0.166 e. The molecule has 1 atom stereocenters. The number of aryl methyl sites for hydroxylation is 2. The molecule has 4 aromatic rings. The molecule has 2 aliphatic rings. The predicted octanol–water partition coefficient (Wildman–Crippen LogP) is 7.90. The minimum absolute atomic E-state index is 0.0145. The van der Waals surface area contributed by atoms with Crippen LogP contribution in [0, 0.1) is 18.6 Å². The van der Waals surface area contributed by atoms with Crippen molar-refractivity contribution in [2.24, 2.45) is 7.05 Å². The van der Waals surface area contributed by atoms with Crippen molar-refractivity contribution >= 4 is 22.6 Å². The zero-order chi connectivity index (χ0) is 31.4. The Bertz CT molecular complexity index is 1470. The third kappa shape index (κ3) is 9.48. The first-order valence-electron chi connectivity index (χ1n) is 14.5. The van der Waals surface area contributed by atoms with Gasteiger partial charge in [-0.1, -0.05) is 38.1 Å². The molecular formula is C33H41ClF2N4O3. The lowest BCUT2D eigenvalue weighted by Gasteiger charge is -2.16. The summed E-state index contributed by atoms with van der Waals surface area (Å²) < 4.78 is 40.7. The number of aliphatic hydroxyl groups is 1. The smallest absolute Gasteiger partial charge is 0.166 e. The zero-order valence-corrected chi connectivity index (χ0v) is 26.1. The van der Waals surface area contributed by atoms with Crippen molar-refractivity contribution in [3.63, 3.8) is 0 Å². The van der Waals surface area contributed by atoms with Crippen LogP contribution in [0.5, 0.6) is 5.75 Å². The highest BCUT2D eigenvalue weighted by Gasteiger charge is 2.27. The summed E-state index contributed by atoms with van der Waals surface area (Å²) in [5.41, 5.74) is 4.33. The van der Waals surface area contributed by atoms with Gasteiger partial charge in [0.05, 0.1) is 23.8 Å². The van der Waals surface area contributed by atoms with Gasteiger partial charge in [-0.05, 0) is 74.3 Å². The first-order chi connectivity index (χ1) is 20.8. The van der Waals surface area contributed by atoms with Crippen molar-refractivity contribution < 1.29 is 23.4 Å². The van der Waals surface area contributed by atoms with Gasteiger partial charge in [-0.15, -0.1) is 0 Å². The normalized spacial score (nSPS) is 15.7. The van der Waals surface area contributed by atoms with E-state index in [0.717, 1.165) is 74.1 Å². The highest BCUT2D eigenvalue weighted by molar-refractivity contribution is 6.30. The molecular weight excluding hydrogens is 574 g/mol. The monoisotopic (exact) mass is 614 g/mol. The average molecular weight is 615 g/mol. The van der Waals surface area contributed by atoms with Crippen LogP contribution in [0.25, 0.3) is 11.0 Å². The Morgan fingerprint density at radius 1 is 1.09 bits per heavy atom. The second-order valence-corrected chi connectivity index (χ2v) is 10.4. The van der Waals surface area contributed by atoms with Crippen LogP contribution in [0.1, 0.15) is 55.4 Å². The van der Waals surface area contributed by atoms with Crippen molar-refractivity contribution in [3.8, 4) is 5.75 Å². The van der Waals surface area contributed by atoms with Crippen molar-refractivity contribution in [2.75, 3.05) is 26.3 Å². The third-order valence-electron chi connectivity index (χ3n) is 6.96. The number of imidazole rings is 1. The first-order valence-corrected chi connectivity index (χ1v) is 14.9. The lowest BCUT2D eigenvalue weighted by molar-refractivity contribution is 0.0367. The Kier molecular flexibility index (Phi) is 13.4. The second kappa shape index (κ2) is 16.9. The number of aromatic nitrogens is 3. The fourth-order valence-corrected chi connectivity index (χ4v) is 4.78. The summed E-state index contributed by atoms with van der Waals surface area (Å²) in [4.78, 5) is 11.7. The second-order valence-electron chi connectivity index (χ2n) is 9.98. The number of rotatable bonds is 6. The van der Waals surface area contributed by atoms with Gasteiger partial charge >= 0.3 is 0 Å². The van der Waals surface area contributed by atoms with Crippen LogP contribution in [0.3, 0.4) is 0 Å². The molecule has 4 heterocycles. The summed E-state index contributed by atoms with van der Waals surface area (Å²) in [6.45, 7) is 13.3. The molecule has 6 rings (SSSR count). The van der Waals surface area contributed by atoms with Crippen LogP contribution < -0.4 is 4.74 Å². The molecule has 0 spiro atoms. The summed E-state index contributed by atoms with van der Waals surface area (Å²) in [6, 6.07) is 13.5. The first kappa shape index (κ1) is 34.0. The van der Waals surface area contributed by atoms with Gasteiger partial charge in [0.15, 0.2) is 11.6 Å². The summed E-state index contributed by atoms with van der Waals surface area (Å²) in [5.74, 6) is 0.159. The van der Waals surface area contributed by atoms with E-state index < -0.39 is 11.6 Å². The molecule has 2 aliphatic heterocycles. The van der Waals surface area contributed by atoms with Gasteiger partial charge in [-0.25, -0.2) is 13.8 Å². The van der Waals surface area contributed by atoms with E-state index in [1.165, 1.54) is 30.2 Å². The largest absolute Gasteiger partial charge is 0.516 e. The predicted molar refractivity (Wildman–Crippen MR) is 168 cm³/mol. The van der Waals surface area contributed by atoms with Crippen LogP contribution in [-0.2, 0) is 24.9 Å². The molecule has 0 saturated carbocycles.